The maximum Gasteiger partial charge on any atom is 0.253 e. The second kappa shape index (κ2) is 7.06. The number of rotatable bonds is 4. The van der Waals surface area contributed by atoms with Crippen molar-refractivity contribution in [1.29, 1.82) is 0 Å². The highest BCUT2D eigenvalue weighted by Gasteiger charge is 2.28. The zero-order chi connectivity index (χ0) is 19.0. The molecule has 144 valence electrons. The van der Waals surface area contributed by atoms with E-state index in [-0.39, 0.29) is 11.0 Å². The van der Waals surface area contributed by atoms with Crippen LogP contribution in [-0.4, -0.2) is 32.6 Å². The summed E-state index contributed by atoms with van der Waals surface area (Å²) in [4.78, 5) is 28.5. The van der Waals surface area contributed by atoms with Crippen LogP contribution < -0.4 is 10.5 Å². The van der Waals surface area contributed by atoms with Gasteiger partial charge in [0, 0.05) is 43.2 Å². The maximum absolute atomic E-state index is 12.4. The van der Waals surface area contributed by atoms with E-state index in [4.69, 9.17) is 4.98 Å². The van der Waals surface area contributed by atoms with E-state index in [1.807, 2.05) is 12.3 Å². The van der Waals surface area contributed by atoms with Crippen molar-refractivity contribution in [3.8, 4) is 0 Å². The van der Waals surface area contributed by atoms with Gasteiger partial charge in [0.25, 0.3) is 5.56 Å². The molecule has 6 heteroatoms. The molecule has 4 rings (SSSR count). The van der Waals surface area contributed by atoms with Gasteiger partial charge < -0.3 is 4.90 Å². The Hall–Kier alpha value is -2.24. The summed E-state index contributed by atoms with van der Waals surface area (Å²) in [6.45, 7) is 8.95. The highest BCUT2D eigenvalue weighted by Crippen LogP contribution is 2.38. The van der Waals surface area contributed by atoms with Gasteiger partial charge in [-0.05, 0) is 37.7 Å². The topological polar surface area (TPSA) is 63.9 Å². The summed E-state index contributed by atoms with van der Waals surface area (Å²) in [6, 6.07) is 3.71. The van der Waals surface area contributed by atoms with Crippen molar-refractivity contribution in [1.82, 2.24) is 19.5 Å². The van der Waals surface area contributed by atoms with Gasteiger partial charge in [-0.3, -0.25) is 9.36 Å². The van der Waals surface area contributed by atoms with Crippen LogP contribution in [0.2, 0.25) is 0 Å². The van der Waals surface area contributed by atoms with Gasteiger partial charge in [-0.15, -0.1) is 0 Å². The molecule has 27 heavy (non-hydrogen) atoms. The van der Waals surface area contributed by atoms with Crippen molar-refractivity contribution in [3.05, 3.63) is 46.5 Å². The highest BCUT2D eigenvalue weighted by atomic mass is 16.1. The van der Waals surface area contributed by atoms with E-state index in [1.165, 1.54) is 12.8 Å². The summed E-state index contributed by atoms with van der Waals surface area (Å²) in [7, 11) is 0. The molecule has 2 aromatic heterocycles. The van der Waals surface area contributed by atoms with E-state index in [0.717, 1.165) is 49.8 Å². The summed E-state index contributed by atoms with van der Waals surface area (Å²) in [6.07, 6.45) is 8.20. The molecule has 2 aromatic rings. The van der Waals surface area contributed by atoms with Crippen molar-refractivity contribution in [2.75, 3.05) is 18.0 Å². The number of hydrogen-bond acceptors (Lipinski definition) is 5. The first-order valence-electron chi connectivity index (χ1n) is 10.0. The van der Waals surface area contributed by atoms with Gasteiger partial charge in [-0.1, -0.05) is 20.8 Å². The lowest BCUT2D eigenvalue weighted by Crippen LogP contribution is -2.37. The Morgan fingerprint density at radius 1 is 1.11 bits per heavy atom. The number of hydrogen-bond donors (Lipinski definition) is 0. The van der Waals surface area contributed by atoms with Crippen LogP contribution in [0.5, 0.6) is 0 Å². The molecule has 1 aliphatic carbocycles. The molecule has 1 saturated heterocycles. The number of piperidine rings is 1. The second-order valence-corrected chi connectivity index (χ2v) is 8.99. The van der Waals surface area contributed by atoms with Crippen molar-refractivity contribution in [2.45, 2.75) is 64.3 Å². The van der Waals surface area contributed by atoms with Crippen LogP contribution in [0.3, 0.4) is 0 Å². The number of anilines is 1. The fourth-order valence-corrected chi connectivity index (χ4v) is 3.67. The summed E-state index contributed by atoms with van der Waals surface area (Å²) in [5.74, 6) is 3.15. The molecule has 0 amide bonds. The Balaban J connectivity index is 1.37. The quantitative estimate of drug-likeness (QED) is 0.831. The zero-order valence-corrected chi connectivity index (χ0v) is 16.6. The summed E-state index contributed by atoms with van der Waals surface area (Å²) in [5.41, 5.74) is 0.816. The van der Waals surface area contributed by atoms with Gasteiger partial charge in [0.15, 0.2) is 0 Å². The van der Waals surface area contributed by atoms with Crippen molar-refractivity contribution in [2.24, 2.45) is 5.92 Å². The molecule has 3 heterocycles. The van der Waals surface area contributed by atoms with E-state index in [0.29, 0.717) is 11.8 Å². The third-order valence-electron chi connectivity index (χ3n) is 5.64. The Morgan fingerprint density at radius 2 is 1.85 bits per heavy atom. The van der Waals surface area contributed by atoms with Gasteiger partial charge in [0.2, 0.25) is 0 Å². The molecule has 0 bridgehead atoms. The maximum atomic E-state index is 12.4. The van der Waals surface area contributed by atoms with Crippen LogP contribution in [0, 0.1) is 5.92 Å². The lowest BCUT2D eigenvalue weighted by molar-refractivity contribution is 0.349. The molecule has 1 saturated carbocycles. The molecule has 6 nitrogen and oxygen atoms in total. The SMILES string of the molecule is CC(C)(C)c1cc(=O)n(CC2CCN(c3ccnc(C4CC4)n3)CC2)cn1. The molecule has 0 N–H and O–H groups in total. The molecule has 2 fully saturated rings. The van der Waals surface area contributed by atoms with Crippen LogP contribution in [0.15, 0.2) is 29.5 Å². The summed E-state index contributed by atoms with van der Waals surface area (Å²) >= 11 is 0. The third kappa shape index (κ3) is 4.20. The fourth-order valence-electron chi connectivity index (χ4n) is 3.67. The number of nitrogens with zero attached hydrogens (tertiary/aromatic N) is 5. The Labute approximate surface area is 160 Å². The van der Waals surface area contributed by atoms with E-state index >= 15 is 0 Å². The molecule has 0 atom stereocenters. The van der Waals surface area contributed by atoms with Gasteiger partial charge in [0.1, 0.15) is 11.6 Å². The van der Waals surface area contributed by atoms with E-state index in [9.17, 15) is 4.79 Å². The highest BCUT2D eigenvalue weighted by molar-refractivity contribution is 5.38. The fraction of sp³-hybridized carbons (Fsp3) is 0.619. The average Bonchev–Trinajstić information content (AvgIpc) is 3.48. The Bertz CT molecular complexity index is 857. The first-order chi connectivity index (χ1) is 12.9. The predicted molar refractivity (Wildman–Crippen MR) is 106 cm³/mol. The lowest BCUT2D eigenvalue weighted by atomic mass is 9.92. The normalized spacial score (nSPS) is 18.7. The molecule has 2 aliphatic rings. The molecule has 0 unspecified atom stereocenters. The first kappa shape index (κ1) is 18.1. The van der Waals surface area contributed by atoms with Crippen LogP contribution in [-0.2, 0) is 12.0 Å². The van der Waals surface area contributed by atoms with Crippen molar-refractivity contribution < 1.29 is 0 Å². The van der Waals surface area contributed by atoms with Crippen LogP contribution in [0.25, 0.3) is 0 Å². The molecular weight excluding hydrogens is 338 g/mol. The molecular formula is C21H29N5O. The minimum Gasteiger partial charge on any atom is -0.356 e. The van der Waals surface area contributed by atoms with E-state index in [2.05, 4.69) is 35.6 Å². The van der Waals surface area contributed by atoms with Gasteiger partial charge in [0.05, 0.1) is 12.0 Å². The zero-order valence-electron chi connectivity index (χ0n) is 16.6. The molecule has 0 aromatic carbocycles. The summed E-state index contributed by atoms with van der Waals surface area (Å²) < 4.78 is 1.77. The first-order valence-corrected chi connectivity index (χ1v) is 10.0. The third-order valence-corrected chi connectivity index (χ3v) is 5.64. The van der Waals surface area contributed by atoms with Crippen LogP contribution >= 0.6 is 0 Å². The Morgan fingerprint density at radius 3 is 2.48 bits per heavy atom. The average molecular weight is 367 g/mol. The predicted octanol–water partition coefficient (Wildman–Crippen LogP) is 3.12. The summed E-state index contributed by atoms with van der Waals surface area (Å²) in [5, 5.41) is 0. The molecule has 0 radical (unpaired) electrons. The number of aromatic nitrogens is 4. The monoisotopic (exact) mass is 367 g/mol. The van der Waals surface area contributed by atoms with Gasteiger partial charge in [-0.25, -0.2) is 15.0 Å². The molecule has 1 aliphatic heterocycles. The minimum absolute atomic E-state index is 0.0576. The van der Waals surface area contributed by atoms with E-state index in [1.54, 1.807) is 17.0 Å². The van der Waals surface area contributed by atoms with Crippen molar-refractivity contribution >= 4 is 5.82 Å². The van der Waals surface area contributed by atoms with Crippen LogP contribution in [0.1, 0.15) is 63.9 Å². The second-order valence-electron chi connectivity index (χ2n) is 8.99. The van der Waals surface area contributed by atoms with Crippen molar-refractivity contribution in [3.63, 3.8) is 0 Å². The van der Waals surface area contributed by atoms with Gasteiger partial charge >= 0.3 is 0 Å². The Kier molecular flexibility index (Phi) is 4.74. The van der Waals surface area contributed by atoms with Crippen LogP contribution in [0.4, 0.5) is 5.82 Å². The largest absolute Gasteiger partial charge is 0.356 e. The minimum atomic E-state index is -0.0968. The smallest absolute Gasteiger partial charge is 0.253 e. The van der Waals surface area contributed by atoms with Gasteiger partial charge in [-0.2, -0.15) is 0 Å². The van der Waals surface area contributed by atoms with E-state index < -0.39 is 0 Å². The molecule has 0 spiro atoms. The standard InChI is InChI=1S/C21H29N5O/c1-21(2,3)17-12-19(27)26(14-23-17)13-15-7-10-25(11-8-15)18-6-9-22-20(24-18)16-4-5-16/h6,9,12,14-16H,4-5,7-8,10-11,13H2,1-3H3. The lowest BCUT2D eigenvalue weighted by Gasteiger charge is -2.33.